The molecule has 4 aromatic rings. The Morgan fingerprint density at radius 1 is 0.966 bits per heavy atom. The fourth-order valence-corrected chi connectivity index (χ4v) is 4.50. The van der Waals surface area contributed by atoms with Gasteiger partial charge in [-0.05, 0) is 63.3 Å². The summed E-state index contributed by atoms with van der Waals surface area (Å²) in [6.45, 7) is 6.33. The fraction of sp³-hybridized carbons (Fsp3) is 0.280. The van der Waals surface area contributed by atoms with Crippen molar-refractivity contribution in [1.29, 1.82) is 0 Å². The lowest BCUT2D eigenvalue weighted by molar-refractivity contribution is 0.414. The van der Waals surface area contributed by atoms with Gasteiger partial charge in [-0.25, -0.2) is 9.50 Å². The van der Waals surface area contributed by atoms with Crippen LogP contribution in [0.3, 0.4) is 0 Å². The quantitative estimate of drug-likeness (QED) is 0.470. The molecule has 29 heavy (non-hydrogen) atoms. The van der Waals surface area contributed by atoms with Crippen molar-refractivity contribution in [2.45, 2.75) is 40.0 Å². The molecule has 0 N–H and O–H groups in total. The molecule has 1 aliphatic carbocycles. The Hall–Kier alpha value is -3.14. The minimum absolute atomic E-state index is 0.870. The highest BCUT2D eigenvalue weighted by atomic mass is 16.5. The number of aryl methyl sites for hydroxylation is 4. The Morgan fingerprint density at radius 3 is 2.48 bits per heavy atom. The predicted octanol–water partition coefficient (Wildman–Crippen LogP) is 5.49. The highest BCUT2D eigenvalue weighted by Crippen LogP contribution is 2.37. The summed E-state index contributed by atoms with van der Waals surface area (Å²) in [5.41, 5.74) is 11.6. The van der Waals surface area contributed by atoms with Crippen LogP contribution < -0.4 is 4.74 Å². The molecule has 4 heteroatoms. The van der Waals surface area contributed by atoms with Crippen molar-refractivity contribution in [2.75, 3.05) is 7.11 Å². The van der Waals surface area contributed by atoms with Gasteiger partial charge in [-0.15, -0.1) is 0 Å². The number of benzene rings is 2. The number of aromatic nitrogens is 3. The lowest BCUT2D eigenvalue weighted by atomic mass is 10.00. The molecular formula is C25H25N3O. The van der Waals surface area contributed by atoms with Gasteiger partial charge in [0.25, 0.3) is 0 Å². The topological polar surface area (TPSA) is 39.4 Å². The van der Waals surface area contributed by atoms with Gasteiger partial charge in [0, 0.05) is 22.4 Å². The molecule has 4 nitrogen and oxygen atoms in total. The molecule has 0 aliphatic heterocycles. The van der Waals surface area contributed by atoms with Crippen LogP contribution in [-0.2, 0) is 12.8 Å². The van der Waals surface area contributed by atoms with Crippen LogP contribution in [0.2, 0.25) is 0 Å². The number of methoxy groups -OCH3 is 1. The van der Waals surface area contributed by atoms with Gasteiger partial charge in [-0.2, -0.15) is 5.10 Å². The molecule has 0 saturated carbocycles. The van der Waals surface area contributed by atoms with E-state index in [4.69, 9.17) is 14.8 Å². The summed E-state index contributed by atoms with van der Waals surface area (Å²) in [6, 6.07) is 15.0. The molecule has 2 aromatic carbocycles. The van der Waals surface area contributed by atoms with E-state index in [0.29, 0.717) is 0 Å². The number of nitrogens with zero attached hydrogens (tertiary/aromatic N) is 3. The first-order valence-electron chi connectivity index (χ1n) is 10.2. The molecule has 2 aromatic heterocycles. The zero-order chi connectivity index (χ0) is 20.1. The van der Waals surface area contributed by atoms with Crippen molar-refractivity contribution in [1.82, 2.24) is 14.6 Å². The maximum absolute atomic E-state index is 5.40. The van der Waals surface area contributed by atoms with Crippen LogP contribution in [0.1, 0.15) is 34.5 Å². The predicted molar refractivity (Wildman–Crippen MR) is 117 cm³/mol. The van der Waals surface area contributed by atoms with Crippen LogP contribution in [-0.4, -0.2) is 21.7 Å². The summed E-state index contributed by atoms with van der Waals surface area (Å²) in [5, 5.41) is 4.97. The number of fused-ring (bicyclic) bond motifs is 2. The van der Waals surface area contributed by atoms with E-state index in [-0.39, 0.29) is 0 Å². The Bertz CT molecular complexity index is 1240. The summed E-state index contributed by atoms with van der Waals surface area (Å²) in [5.74, 6) is 0.870. The highest BCUT2D eigenvalue weighted by molar-refractivity contribution is 5.84. The largest absolute Gasteiger partial charge is 0.497 e. The molecule has 0 spiro atoms. The Balaban J connectivity index is 1.82. The first-order chi connectivity index (χ1) is 14.1. The zero-order valence-corrected chi connectivity index (χ0v) is 17.4. The molecule has 1 aliphatic rings. The van der Waals surface area contributed by atoms with E-state index in [9.17, 15) is 0 Å². The molecule has 0 atom stereocenters. The standard InChI is InChI=1S/C25H25N3O/c1-15-8-10-18(11-9-15)24-21-6-5-7-22(21)26-25-23(17(3)27-28(24)25)20-13-12-19(29-4)14-16(20)2/h8-14H,5-7H2,1-4H3. The molecule has 0 saturated heterocycles. The highest BCUT2D eigenvalue weighted by Gasteiger charge is 2.25. The van der Waals surface area contributed by atoms with Gasteiger partial charge in [0.15, 0.2) is 5.65 Å². The number of ether oxygens (including phenoxy) is 1. The second-order valence-electron chi connectivity index (χ2n) is 7.98. The minimum atomic E-state index is 0.870. The zero-order valence-electron chi connectivity index (χ0n) is 17.4. The lowest BCUT2D eigenvalue weighted by Crippen LogP contribution is -2.03. The molecule has 5 rings (SSSR count). The molecule has 0 amide bonds. The number of hydrogen-bond donors (Lipinski definition) is 0. The Kier molecular flexibility index (Phi) is 4.16. The Labute approximate surface area is 171 Å². The lowest BCUT2D eigenvalue weighted by Gasteiger charge is -2.13. The molecule has 2 heterocycles. The number of rotatable bonds is 3. The third-order valence-electron chi connectivity index (χ3n) is 5.99. The van der Waals surface area contributed by atoms with Crippen LogP contribution in [0.25, 0.3) is 28.0 Å². The molecule has 0 fully saturated rings. The molecule has 0 bridgehead atoms. The van der Waals surface area contributed by atoms with Gasteiger partial charge >= 0.3 is 0 Å². The van der Waals surface area contributed by atoms with Gasteiger partial charge in [-0.3, -0.25) is 0 Å². The van der Waals surface area contributed by atoms with Gasteiger partial charge in [0.05, 0.1) is 18.5 Å². The molecule has 0 unspecified atom stereocenters. The van der Waals surface area contributed by atoms with Gasteiger partial charge < -0.3 is 4.74 Å². The van der Waals surface area contributed by atoms with Crippen molar-refractivity contribution in [2.24, 2.45) is 0 Å². The van der Waals surface area contributed by atoms with Crippen molar-refractivity contribution in [3.05, 3.63) is 70.5 Å². The van der Waals surface area contributed by atoms with Crippen LogP contribution in [0.5, 0.6) is 5.75 Å². The molecule has 0 radical (unpaired) electrons. The normalized spacial score (nSPS) is 13.1. The maximum Gasteiger partial charge on any atom is 0.164 e. The third-order valence-corrected chi connectivity index (χ3v) is 5.99. The Morgan fingerprint density at radius 2 is 1.76 bits per heavy atom. The first kappa shape index (κ1) is 17.9. The first-order valence-corrected chi connectivity index (χ1v) is 10.2. The van der Waals surface area contributed by atoms with Crippen molar-refractivity contribution in [3.8, 4) is 28.1 Å². The average molecular weight is 383 g/mol. The summed E-state index contributed by atoms with van der Waals surface area (Å²) in [4.78, 5) is 5.11. The van der Waals surface area contributed by atoms with Gasteiger partial charge in [0.2, 0.25) is 0 Å². The van der Waals surface area contributed by atoms with E-state index in [2.05, 4.69) is 61.7 Å². The maximum atomic E-state index is 5.40. The van der Waals surface area contributed by atoms with Crippen LogP contribution in [0.15, 0.2) is 42.5 Å². The molecule has 146 valence electrons. The van der Waals surface area contributed by atoms with Crippen molar-refractivity contribution in [3.63, 3.8) is 0 Å². The monoisotopic (exact) mass is 383 g/mol. The second-order valence-corrected chi connectivity index (χ2v) is 7.98. The van der Waals surface area contributed by atoms with Crippen LogP contribution in [0.4, 0.5) is 0 Å². The smallest absolute Gasteiger partial charge is 0.164 e. The summed E-state index contributed by atoms with van der Waals surface area (Å²) in [7, 11) is 1.70. The van der Waals surface area contributed by atoms with E-state index in [1.54, 1.807) is 7.11 Å². The van der Waals surface area contributed by atoms with E-state index in [1.807, 2.05) is 6.07 Å². The van der Waals surface area contributed by atoms with Gasteiger partial charge in [-0.1, -0.05) is 35.9 Å². The average Bonchev–Trinajstić information content (AvgIpc) is 3.30. The van der Waals surface area contributed by atoms with Gasteiger partial charge in [0.1, 0.15) is 5.75 Å². The molecular weight excluding hydrogens is 358 g/mol. The van der Waals surface area contributed by atoms with Crippen LogP contribution in [0, 0.1) is 20.8 Å². The van der Waals surface area contributed by atoms with Crippen molar-refractivity contribution >= 4 is 5.65 Å². The second kappa shape index (κ2) is 6.73. The third kappa shape index (κ3) is 2.82. The van der Waals surface area contributed by atoms with Crippen LogP contribution >= 0.6 is 0 Å². The van der Waals surface area contributed by atoms with E-state index >= 15 is 0 Å². The van der Waals surface area contributed by atoms with E-state index in [1.165, 1.54) is 39.2 Å². The summed E-state index contributed by atoms with van der Waals surface area (Å²) < 4.78 is 7.47. The number of hydrogen-bond acceptors (Lipinski definition) is 3. The van der Waals surface area contributed by atoms with Crippen molar-refractivity contribution < 1.29 is 4.74 Å². The fourth-order valence-electron chi connectivity index (χ4n) is 4.50. The summed E-state index contributed by atoms with van der Waals surface area (Å²) in [6.07, 6.45) is 3.26. The van der Waals surface area contributed by atoms with E-state index in [0.717, 1.165) is 41.9 Å². The SMILES string of the molecule is COc1ccc(-c2c(C)nn3c(-c4ccc(C)cc4)c4c(nc23)CCC4)c(C)c1. The minimum Gasteiger partial charge on any atom is -0.497 e. The summed E-state index contributed by atoms with van der Waals surface area (Å²) >= 11 is 0. The van der Waals surface area contributed by atoms with E-state index < -0.39 is 0 Å².